The zero-order valence-electron chi connectivity index (χ0n) is 12.7. The number of carbonyl (C=O) groups excluding carboxylic acids is 1. The van der Waals surface area contributed by atoms with Gasteiger partial charge in [-0.2, -0.15) is 5.10 Å². The molecular formula is C16H19N3OS2. The summed E-state index contributed by atoms with van der Waals surface area (Å²) in [4.78, 5) is 12.4. The summed E-state index contributed by atoms with van der Waals surface area (Å²) in [6, 6.07) is 9.96. The molecule has 116 valence electrons. The lowest BCUT2D eigenvalue weighted by Crippen LogP contribution is -2.16. The van der Waals surface area contributed by atoms with E-state index in [4.69, 9.17) is 0 Å². The van der Waals surface area contributed by atoms with Gasteiger partial charge in [0.25, 0.3) is 5.91 Å². The number of hydrogen-bond acceptors (Lipinski definition) is 4. The van der Waals surface area contributed by atoms with Gasteiger partial charge in [-0.1, -0.05) is 12.1 Å². The highest BCUT2D eigenvalue weighted by molar-refractivity contribution is 8.19. The first-order chi connectivity index (χ1) is 10.6. The molecule has 4 nitrogen and oxygen atoms in total. The van der Waals surface area contributed by atoms with Crippen LogP contribution in [0.2, 0.25) is 0 Å². The van der Waals surface area contributed by atoms with Crippen molar-refractivity contribution in [3.63, 3.8) is 0 Å². The molecule has 1 aromatic carbocycles. The Kier molecular flexibility index (Phi) is 4.78. The van der Waals surface area contributed by atoms with Crippen LogP contribution in [0.3, 0.4) is 0 Å². The van der Waals surface area contributed by atoms with Gasteiger partial charge in [-0.25, -0.2) is 4.68 Å². The van der Waals surface area contributed by atoms with Crippen LogP contribution in [0.5, 0.6) is 0 Å². The van der Waals surface area contributed by atoms with E-state index in [0.717, 1.165) is 5.82 Å². The fourth-order valence-corrected chi connectivity index (χ4v) is 5.22. The molecule has 0 saturated carbocycles. The molecule has 1 aliphatic rings. The molecule has 22 heavy (non-hydrogen) atoms. The van der Waals surface area contributed by atoms with Crippen LogP contribution in [-0.2, 0) is 0 Å². The summed E-state index contributed by atoms with van der Waals surface area (Å²) in [5.41, 5.74) is 1.96. The Morgan fingerprint density at radius 1 is 1.23 bits per heavy atom. The summed E-state index contributed by atoms with van der Waals surface area (Å²) >= 11 is 3.94. The smallest absolute Gasteiger partial charge is 0.256 e. The van der Waals surface area contributed by atoms with Gasteiger partial charge in [-0.15, -0.1) is 23.5 Å². The molecule has 6 heteroatoms. The van der Waals surface area contributed by atoms with Crippen molar-refractivity contribution in [3.8, 4) is 0 Å². The van der Waals surface area contributed by atoms with Crippen molar-refractivity contribution in [3.05, 3.63) is 47.7 Å². The van der Waals surface area contributed by atoms with E-state index in [9.17, 15) is 4.79 Å². The SMILES string of the molecule is CC(C)n1nccc1NC(=O)c1ccc(C2SCCS2)cc1. The van der Waals surface area contributed by atoms with E-state index in [1.165, 1.54) is 17.1 Å². The highest BCUT2D eigenvalue weighted by Crippen LogP contribution is 2.45. The number of anilines is 1. The summed E-state index contributed by atoms with van der Waals surface area (Å²) in [5.74, 6) is 3.04. The fraction of sp³-hybridized carbons (Fsp3) is 0.375. The van der Waals surface area contributed by atoms with E-state index in [2.05, 4.69) is 22.5 Å². The summed E-state index contributed by atoms with van der Waals surface area (Å²) in [5, 5.41) is 7.15. The standard InChI is InChI=1S/C16H19N3OS2/c1-11(2)19-14(7-8-17-19)18-15(20)12-3-5-13(6-4-12)16-21-9-10-22-16/h3-8,11,16H,9-10H2,1-2H3,(H,18,20). The van der Waals surface area contributed by atoms with E-state index < -0.39 is 0 Å². The van der Waals surface area contributed by atoms with Crippen LogP contribution in [-0.4, -0.2) is 27.2 Å². The Balaban J connectivity index is 1.70. The predicted octanol–water partition coefficient (Wildman–Crippen LogP) is 4.19. The van der Waals surface area contributed by atoms with Gasteiger partial charge in [0, 0.05) is 29.2 Å². The van der Waals surface area contributed by atoms with E-state index in [1.54, 1.807) is 10.9 Å². The number of carbonyl (C=O) groups is 1. The van der Waals surface area contributed by atoms with Crippen LogP contribution in [0.15, 0.2) is 36.5 Å². The molecule has 0 spiro atoms. The summed E-state index contributed by atoms with van der Waals surface area (Å²) in [7, 11) is 0. The van der Waals surface area contributed by atoms with E-state index in [-0.39, 0.29) is 11.9 Å². The molecule has 0 atom stereocenters. The van der Waals surface area contributed by atoms with Gasteiger partial charge in [0.1, 0.15) is 5.82 Å². The summed E-state index contributed by atoms with van der Waals surface area (Å²) in [6.45, 7) is 4.07. The molecule has 1 aromatic heterocycles. The molecule has 1 saturated heterocycles. The third-order valence-corrected chi connectivity index (χ3v) is 6.57. The van der Waals surface area contributed by atoms with Crippen molar-refractivity contribution >= 4 is 35.2 Å². The van der Waals surface area contributed by atoms with Crippen molar-refractivity contribution in [1.29, 1.82) is 0 Å². The van der Waals surface area contributed by atoms with Gasteiger partial charge in [0.2, 0.25) is 0 Å². The number of hydrogen-bond donors (Lipinski definition) is 1. The van der Waals surface area contributed by atoms with Crippen LogP contribution in [0.4, 0.5) is 5.82 Å². The second-order valence-electron chi connectivity index (χ2n) is 5.40. The Morgan fingerprint density at radius 3 is 2.55 bits per heavy atom. The van der Waals surface area contributed by atoms with Crippen LogP contribution in [0.1, 0.15) is 40.4 Å². The maximum atomic E-state index is 12.4. The first kappa shape index (κ1) is 15.5. The number of aromatic nitrogens is 2. The molecule has 2 heterocycles. The van der Waals surface area contributed by atoms with Crippen LogP contribution >= 0.6 is 23.5 Å². The lowest BCUT2D eigenvalue weighted by atomic mass is 10.1. The summed E-state index contributed by atoms with van der Waals surface area (Å²) in [6.07, 6.45) is 1.70. The molecule has 0 aliphatic carbocycles. The molecule has 1 aliphatic heterocycles. The van der Waals surface area contributed by atoms with E-state index in [0.29, 0.717) is 10.1 Å². The minimum Gasteiger partial charge on any atom is -0.307 e. The monoisotopic (exact) mass is 333 g/mol. The van der Waals surface area contributed by atoms with Gasteiger partial charge in [0.05, 0.1) is 10.8 Å². The van der Waals surface area contributed by atoms with Crippen LogP contribution < -0.4 is 5.32 Å². The van der Waals surface area contributed by atoms with Crippen LogP contribution in [0, 0.1) is 0 Å². The van der Waals surface area contributed by atoms with E-state index in [1.807, 2.05) is 55.6 Å². The van der Waals surface area contributed by atoms with Gasteiger partial charge < -0.3 is 5.32 Å². The number of thioether (sulfide) groups is 2. The van der Waals surface area contributed by atoms with Crippen molar-refractivity contribution in [2.24, 2.45) is 0 Å². The van der Waals surface area contributed by atoms with Gasteiger partial charge >= 0.3 is 0 Å². The Bertz CT molecular complexity index is 646. The zero-order valence-corrected chi connectivity index (χ0v) is 14.3. The number of nitrogens with one attached hydrogen (secondary N) is 1. The largest absolute Gasteiger partial charge is 0.307 e. The molecule has 3 rings (SSSR count). The average Bonchev–Trinajstić information content (AvgIpc) is 3.18. The predicted molar refractivity (Wildman–Crippen MR) is 94.7 cm³/mol. The first-order valence-electron chi connectivity index (χ1n) is 7.33. The highest BCUT2D eigenvalue weighted by atomic mass is 32.2. The third kappa shape index (κ3) is 3.33. The number of nitrogens with zero attached hydrogens (tertiary/aromatic N) is 2. The van der Waals surface area contributed by atoms with Crippen molar-refractivity contribution < 1.29 is 4.79 Å². The minimum absolute atomic E-state index is 0.0966. The highest BCUT2D eigenvalue weighted by Gasteiger charge is 2.18. The molecular weight excluding hydrogens is 314 g/mol. The van der Waals surface area contributed by atoms with Crippen LogP contribution in [0.25, 0.3) is 0 Å². The maximum Gasteiger partial charge on any atom is 0.256 e. The lowest BCUT2D eigenvalue weighted by Gasteiger charge is -2.12. The number of benzene rings is 1. The molecule has 0 radical (unpaired) electrons. The summed E-state index contributed by atoms with van der Waals surface area (Å²) < 4.78 is 2.32. The molecule has 1 amide bonds. The van der Waals surface area contributed by atoms with Crippen molar-refractivity contribution in [2.45, 2.75) is 24.5 Å². The molecule has 0 unspecified atom stereocenters. The normalized spacial score (nSPS) is 15.4. The zero-order chi connectivity index (χ0) is 15.5. The number of rotatable bonds is 4. The topological polar surface area (TPSA) is 46.9 Å². The van der Waals surface area contributed by atoms with Crippen molar-refractivity contribution in [2.75, 3.05) is 16.8 Å². The average molecular weight is 333 g/mol. The molecule has 1 fully saturated rings. The second-order valence-corrected chi connectivity index (χ2v) is 8.13. The third-order valence-electron chi connectivity index (χ3n) is 3.47. The lowest BCUT2D eigenvalue weighted by molar-refractivity contribution is 0.102. The van der Waals surface area contributed by atoms with Gasteiger partial charge in [-0.3, -0.25) is 4.79 Å². The fourth-order valence-electron chi connectivity index (χ4n) is 2.36. The minimum atomic E-state index is -0.0966. The van der Waals surface area contributed by atoms with Crippen molar-refractivity contribution in [1.82, 2.24) is 9.78 Å². The second kappa shape index (κ2) is 6.79. The maximum absolute atomic E-state index is 12.4. The van der Waals surface area contributed by atoms with Gasteiger partial charge in [0.15, 0.2) is 0 Å². The van der Waals surface area contributed by atoms with E-state index >= 15 is 0 Å². The Morgan fingerprint density at radius 2 is 1.91 bits per heavy atom. The van der Waals surface area contributed by atoms with Gasteiger partial charge in [-0.05, 0) is 31.5 Å². The quantitative estimate of drug-likeness (QED) is 0.911. The molecule has 1 N–H and O–H groups in total. The Labute approximate surface area is 139 Å². The molecule has 2 aromatic rings. The molecule has 0 bridgehead atoms. The Hall–Kier alpha value is -1.40. The first-order valence-corrected chi connectivity index (χ1v) is 9.43. The number of amides is 1.